The standard InChI is InChI=1S/C25H27ClN4O3/c26-21-9-5-4-8-20(21)22-18-28-24(33-22)11-10-23(31)27-13-12-25(32)30-16-14-29(15-17-30)19-6-2-1-3-7-19/h1-9,18H,10-17H2,(H,27,31). The van der Waals surface area contributed by atoms with E-state index in [1.807, 2.05) is 41.3 Å². The lowest BCUT2D eigenvalue weighted by molar-refractivity contribution is -0.131. The Hall–Kier alpha value is -3.32. The van der Waals surface area contributed by atoms with E-state index in [4.69, 9.17) is 16.0 Å². The van der Waals surface area contributed by atoms with Crippen molar-refractivity contribution in [3.8, 4) is 11.3 Å². The van der Waals surface area contributed by atoms with Crippen LogP contribution in [0.5, 0.6) is 0 Å². The van der Waals surface area contributed by atoms with Crippen LogP contribution in [-0.2, 0) is 16.0 Å². The lowest BCUT2D eigenvalue weighted by atomic mass is 10.2. The predicted molar refractivity (Wildman–Crippen MR) is 128 cm³/mol. The average molecular weight is 467 g/mol. The molecule has 4 rings (SSSR count). The molecule has 0 aliphatic carbocycles. The van der Waals surface area contributed by atoms with Gasteiger partial charge >= 0.3 is 0 Å². The van der Waals surface area contributed by atoms with Crippen LogP contribution in [0.4, 0.5) is 5.69 Å². The van der Waals surface area contributed by atoms with E-state index in [0.717, 1.165) is 18.7 Å². The van der Waals surface area contributed by atoms with Crippen molar-refractivity contribution in [3.05, 3.63) is 71.7 Å². The third-order valence-electron chi connectivity index (χ3n) is 5.67. The summed E-state index contributed by atoms with van der Waals surface area (Å²) in [5.41, 5.74) is 1.95. The van der Waals surface area contributed by atoms with Crippen LogP contribution in [0.1, 0.15) is 18.7 Å². The second-order valence-corrected chi connectivity index (χ2v) is 8.31. The molecule has 0 radical (unpaired) electrons. The van der Waals surface area contributed by atoms with Gasteiger partial charge in [0.25, 0.3) is 0 Å². The molecule has 33 heavy (non-hydrogen) atoms. The molecule has 1 aliphatic rings. The molecular weight excluding hydrogens is 440 g/mol. The number of hydrogen-bond donors (Lipinski definition) is 1. The van der Waals surface area contributed by atoms with E-state index in [2.05, 4.69) is 27.3 Å². The smallest absolute Gasteiger partial charge is 0.224 e. The lowest BCUT2D eigenvalue weighted by Gasteiger charge is -2.36. The molecule has 0 atom stereocenters. The topological polar surface area (TPSA) is 78.7 Å². The molecule has 1 saturated heterocycles. The highest BCUT2D eigenvalue weighted by Crippen LogP contribution is 2.28. The number of aryl methyl sites for hydroxylation is 1. The van der Waals surface area contributed by atoms with Gasteiger partial charge in [-0.2, -0.15) is 0 Å². The van der Waals surface area contributed by atoms with Crippen molar-refractivity contribution in [1.29, 1.82) is 0 Å². The minimum absolute atomic E-state index is 0.0695. The first-order valence-electron chi connectivity index (χ1n) is 11.1. The van der Waals surface area contributed by atoms with E-state index in [9.17, 15) is 9.59 Å². The zero-order chi connectivity index (χ0) is 23.0. The number of aromatic nitrogens is 1. The van der Waals surface area contributed by atoms with E-state index in [1.165, 1.54) is 5.69 Å². The molecular formula is C25H27ClN4O3. The quantitative estimate of drug-likeness (QED) is 0.546. The van der Waals surface area contributed by atoms with Gasteiger partial charge in [0.15, 0.2) is 11.7 Å². The van der Waals surface area contributed by atoms with Crippen molar-refractivity contribution in [2.24, 2.45) is 0 Å². The second kappa shape index (κ2) is 11.0. The Kier molecular flexibility index (Phi) is 7.62. The largest absolute Gasteiger partial charge is 0.441 e. The van der Waals surface area contributed by atoms with Gasteiger partial charge in [0.05, 0.1) is 11.2 Å². The molecule has 1 aliphatic heterocycles. The Morgan fingerprint density at radius 2 is 1.70 bits per heavy atom. The van der Waals surface area contributed by atoms with E-state index in [0.29, 0.717) is 49.1 Å². The van der Waals surface area contributed by atoms with Crippen LogP contribution >= 0.6 is 11.6 Å². The van der Waals surface area contributed by atoms with Gasteiger partial charge in [0.2, 0.25) is 11.8 Å². The number of rotatable bonds is 8. The molecule has 0 unspecified atom stereocenters. The van der Waals surface area contributed by atoms with Crippen molar-refractivity contribution < 1.29 is 14.0 Å². The first-order valence-corrected chi connectivity index (χ1v) is 11.5. The van der Waals surface area contributed by atoms with E-state index in [1.54, 1.807) is 12.3 Å². The Balaban J connectivity index is 1.15. The maximum atomic E-state index is 12.5. The normalized spacial score (nSPS) is 13.7. The summed E-state index contributed by atoms with van der Waals surface area (Å²) in [4.78, 5) is 33.0. The van der Waals surface area contributed by atoms with Crippen molar-refractivity contribution in [3.63, 3.8) is 0 Å². The molecule has 0 spiro atoms. The number of piperazine rings is 1. The molecule has 7 nitrogen and oxygen atoms in total. The number of halogens is 1. The molecule has 2 heterocycles. The van der Waals surface area contributed by atoms with Crippen molar-refractivity contribution >= 4 is 29.1 Å². The number of nitrogens with one attached hydrogen (secondary N) is 1. The van der Waals surface area contributed by atoms with Crippen LogP contribution in [-0.4, -0.2) is 54.4 Å². The van der Waals surface area contributed by atoms with Gasteiger partial charge in [-0.1, -0.05) is 41.9 Å². The Labute approximate surface area is 198 Å². The van der Waals surface area contributed by atoms with Crippen LogP contribution in [0, 0.1) is 0 Å². The number of anilines is 1. The van der Waals surface area contributed by atoms with Crippen LogP contribution < -0.4 is 10.2 Å². The minimum atomic E-state index is -0.130. The summed E-state index contributed by atoms with van der Waals surface area (Å²) in [6.07, 6.45) is 2.54. The van der Waals surface area contributed by atoms with Crippen LogP contribution in [0.25, 0.3) is 11.3 Å². The summed E-state index contributed by atoms with van der Waals surface area (Å²) < 4.78 is 5.72. The fourth-order valence-electron chi connectivity index (χ4n) is 3.84. The van der Waals surface area contributed by atoms with Gasteiger partial charge in [0.1, 0.15) is 0 Å². The summed E-state index contributed by atoms with van der Waals surface area (Å²) >= 11 is 6.18. The number of oxazole rings is 1. The summed E-state index contributed by atoms with van der Waals surface area (Å²) in [7, 11) is 0. The van der Waals surface area contributed by atoms with E-state index < -0.39 is 0 Å². The van der Waals surface area contributed by atoms with Gasteiger partial charge < -0.3 is 19.5 Å². The maximum Gasteiger partial charge on any atom is 0.224 e. The summed E-state index contributed by atoms with van der Waals surface area (Å²) in [5, 5.41) is 3.40. The van der Waals surface area contributed by atoms with Crippen molar-refractivity contribution in [1.82, 2.24) is 15.2 Å². The molecule has 3 aromatic rings. The zero-order valence-corrected chi connectivity index (χ0v) is 19.1. The highest BCUT2D eigenvalue weighted by atomic mass is 35.5. The number of carbonyl (C=O) groups is 2. The summed E-state index contributed by atoms with van der Waals surface area (Å²) in [6.45, 7) is 3.34. The van der Waals surface area contributed by atoms with Crippen LogP contribution in [0.3, 0.4) is 0 Å². The Morgan fingerprint density at radius 1 is 0.970 bits per heavy atom. The molecule has 1 N–H and O–H groups in total. The molecule has 172 valence electrons. The molecule has 0 saturated carbocycles. The number of hydrogen-bond acceptors (Lipinski definition) is 5. The van der Waals surface area contributed by atoms with Gasteiger partial charge in [-0.15, -0.1) is 0 Å². The van der Waals surface area contributed by atoms with Crippen LogP contribution in [0.2, 0.25) is 5.02 Å². The first-order chi connectivity index (χ1) is 16.1. The number of benzene rings is 2. The molecule has 2 aromatic carbocycles. The van der Waals surface area contributed by atoms with Crippen molar-refractivity contribution in [2.75, 3.05) is 37.6 Å². The number of para-hydroxylation sites is 1. The average Bonchev–Trinajstić information content (AvgIpc) is 3.32. The number of nitrogens with zero attached hydrogens (tertiary/aromatic N) is 3. The fraction of sp³-hybridized carbons (Fsp3) is 0.320. The second-order valence-electron chi connectivity index (χ2n) is 7.90. The minimum Gasteiger partial charge on any atom is -0.441 e. The third-order valence-corrected chi connectivity index (χ3v) is 6.00. The predicted octanol–water partition coefficient (Wildman–Crippen LogP) is 3.78. The molecule has 1 fully saturated rings. The number of carbonyl (C=O) groups excluding carboxylic acids is 2. The lowest BCUT2D eigenvalue weighted by Crippen LogP contribution is -2.49. The molecule has 1 aromatic heterocycles. The summed E-state index contributed by atoms with van der Waals surface area (Å²) in [5.74, 6) is 0.996. The highest BCUT2D eigenvalue weighted by molar-refractivity contribution is 6.33. The molecule has 8 heteroatoms. The van der Waals surface area contributed by atoms with Gasteiger partial charge in [-0.25, -0.2) is 4.98 Å². The van der Waals surface area contributed by atoms with Gasteiger partial charge in [0, 0.05) is 63.2 Å². The molecule has 2 amide bonds. The van der Waals surface area contributed by atoms with E-state index >= 15 is 0 Å². The fourth-order valence-corrected chi connectivity index (χ4v) is 4.07. The Morgan fingerprint density at radius 3 is 2.45 bits per heavy atom. The Bertz CT molecular complexity index is 1080. The molecule has 0 bridgehead atoms. The summed E-state index contributed by atoms with van der Waals surface area (Å²) in [6, 6.07) is 17.6. The first kappa shape index (κ1) is 22.9. The number of amides is 2. The van der Waals surface area contributed by atoms with Gasteiger partial charge in [-0.05, 0) is 24.3 Å². The van der Waals surface area contributed by atoms with Gasteiger partial charge in [-0.3, -0.25) is 9.59 Å². The zero-order valence-electron chi connectivity index (χ0n) is 18.4. The van der Waals surface area contributed by atoms with E-state index in [-0.39, 0.29) is 18.2 Å². The van der Waals surface area contributed by atoms with Crippen molar-refractivity contribution in [2.45, 2.75) is 19.3 Å². The monoisotopic (exact) mass is 466 g/mol. The van der Waals surface area contributed by atoms with Crippen LogP contribution in [0.15, 0.2) is 65.2 Å². The third kappa shape index (κ3) is 6.14. The SMILES string of the molecule is O=C(CCc1ncc(-c2ccccc2Cl)o1)NCCC(=O)N1CCN(c2ccccc2)CC1. The highest BCUT2D eigenvalue weighted by Gasteiger charge is 2.21. The maximum absolute atomic E-state index is 12.5.